The maximum Gasteiger partial charge on any atom is 0.338 e. The van der Waals surface area contributed by atoms with E-state index in [-0.39, 0.29) is 18.3 Å². The second-order valence-corrected chi connectivity index (χ2v) is 14.4. The Kier molecular flexibility index (Phi) is 10.7. The van der Waals surface area contributed by atoms with Gasteiger partial charge in [-0.2, -0.15) is 0 Å². The molecule has 3 heterocycles. The first-order valence-electron chi connectivity index (χ1n) is 16.7. The Labute approximate surface area is 309 Å². The topological polar surface area (TPSA) is 93.3 Å². The molecule has 2 aromatic heterocycles. The Morgan fingerprint density at radius 1 is 1.00 bits per heavy atom. The van der Waals surface area contributed by atoms with Gasteiger partial charge in [0.1, 0.15) is 12.4 Å². The second kappa shape index (κ2) is 15.2. The van der Waals surface area contributed by atoms with E-state index in [1.165, 1.54) is 11.3 Å². The smallest absolute Gasteiger partial charge is 0.338 e. The van der Waals surface area contributed by atoms with Gasteiger partial charge in [-0.3, -0.25) is 9.36 Å². The molecule has 0 spiro atoms. The first kappa shape index (κ1) is 35.9. The minimum Gasteiger partial charge on any atom is -0.493 e. The van der Waals surface area contributed by atoms with Gasteiger partial charge < -0.3 is 23.5 Å². The summed E-state index contributed by atoms with van der Waals surface area (Å²) in [4.78, 5) is 33.0. The molecule has 1 atom stereocenters. The summed E-state index contributed by atoms with van der Waals surface area (Å²) in [6.07, 6.45) is 1.84. The maximum atomic E-state index is 14.3. The van der Waals surface area contributed by atoms with Crippen molar-refractivity contribution in [3.63, 3.8) is 0 Å². The molecule has 0 N–H and O–H groups in total. The van der Waals surface area contributed by atoms with E-state index in [0.717, 1.165) is 38.4 Å². The lowest BCUT2D eigenvalue weighted by molar-refractivity contribution is -0.139. The minimum absolute atomic E-state index is 0.0666. The van der Waals surface area contributed by atoms with Crippen molar-refractivity contribution in [3.8, 4) is 22.9 Å². The zero-order valence-electron chi connectivity index (χ0n) is 29.7. The average Bonchev–Trinajstić information content (AvgIpc) is 3.56. The highest BCUT2D eigenvalue weighted by Gasteiger charge is 2.34. The number of thiazole rings is 1. The molecule has 9 nitrogen and oxygen atoms in total. The molecule has 3 aromatic carbocycles. The maximum absolute atomic E-state index is 14.3. The van der Waals surface area contributed by atoms with Crippen molar-refractivity contribution in [2.45, 2.75) is 60.3 Å². The number of aromatic nitrogens is 2. The van der Waals surface area contributed by atoms with E-state index in [2.05, 4.69) is 26.6 Å². The fraction of sp³-hybridized carbons (Fsp3) is 0.275. The highest BCUT2D eigenvalue weighted by atomic mass is 79.9. The molecule has 0 unspecified atom stereocenters. The van der Waals surface area contributed by atoms with Crippen LogP contribution in [0, 0.1) is 13.8 Å². The Bertz CT molecular complexity index is 2300. The standard InChI is InChI=1S/C40H40BrN3O6S/c1-8-48-39(46)36-25(5)42-40-44(37(36)28-11-18-33(50-23(2)3)34(20-28)47-7)38(45)35(51-40)21-29-19-24(4)43(26(29)6)31-14-16-32(17-15-31)49-22-27-9-12-30(41)13-10-27/h9-21,23,37H,8,22H2,1-7H3/b35-21+/t37-/m1/s1. The summed E-state index contributed by atoms with van der Waals surface area (Å²) >= 11 is 4.76. The van der Waals surface area contributed by atoms with Crippen LogP contribution < -0.4 is 29.1 Å². The lowest BCUT2D eigenvalue weighted by Gasteiger charge is -2.25. The van der Waals surface area contributed by atoms with Crippen LogP contribution >= 0.6 is 27.3 Å². The van der Waals surface area contributed by atoms with Crippen LogP contribution in [0.5, 0.6) is 17.2 Å². The summed E-state index contributed by atoms with van der Waals surface area (Å²) in [5.41, 5.74) is 6.19. The molecule has 1 aliphatic rings. The number of halogens is 1. The van der Waals surface area contributed by atoms with Crippen LogP contribution in [0.4, 0.5) is 0 Å². The molecular weight excluding hydrogens is 730 g/mol. The van der Waals surface area contributed by atoms with Crippen molar-refractivity contribution in [2.75, 3.05) is 13.7 Å². The van der Waals surface area contributed by atoms with Crippen LogP contribution in [0.3, 0.4) is 0 Å². The van der Waals surface area contributed by atoms with Crippen molar-refractivity contribution in [2.24, 2.45) is 4.99 Å². The van der Waals surface area contributed by atoms with Crippen molar-refractivity contribution in [1.29, 1.82) is 0 Å². The highest BCUT2D eigenvalue weighted by Crippen LogP contribution is 2.36. The molecule has 0 radical (unpaired) electrons. The van der Waals surface area contributed by atoms with Crippen LogP contribution in [0.25, 0.3) is 11.8 Å². The second-order valence-electron chi connectivity index (χ2n) is 12.5. The molecular formula is C40H40BrN3O6S. The van der Waals surface area contributed by atoms with Crippen LogP contribution in [-0.4, -0.2) is 34.9 Å². The lowest BCUT2D eigenvalue weighted by Crippen LogP contribution is -2.40. The molecule has 0 fully saturated rings. The predicted octanol–water partition coefficient (Wildman–Crippen LogP) is 7.34. The Balaban J connectivity index is 1.37. The van der Waals surface area contributed by atoms with Crippen LogP contribution in [0.2, 0.25) is 0 Å². The SMILES string of the molecule is CCOC(=O)C1=C(C)N=c2s/c(=C/c3cc(C)n(-c4ccc(OCc5ccc(Br)cc5)cc4)c3C)c(=O)n2[C@@H]1c1ccc(OC(C)C)c(OC)c1. The normalized spacial score (nSPS) is 14.4. The molecule has 0 aliphatic carbocycles. The van der Waals surface area contributed by atoms with Gasteiger partial charge in [0.2, 0.25) is 0 Å². The molecule has 5 aromatic rings. The number of hydrogen-bond acceptors (Lipinski definition) is 8. The van der Waals surface area contributed by atoms with Crippen molar-refractivity contribution < 1.29 is 23.7 Å². The number of aryl methyl sites for hydroxylation is 1. The fourth-order valence-electron chi connectivity index (χ4n) is 6.22. The predicted molar refractivity (Wildman–Crippen MR) is 203 cm³/mol. The number of carbonyl (C=O) groups is 1. The van der Waals surface area contributed by atoms with Gasteiger partial charge in [-0.1, -0.05) is 45.5 Å². The van der Waals surface area contributed by atoms with Gasteiger partial charge in [0.05, 0.1) is 41.7 Å². The van der Waals surface area contributed by atoms with E-state index in [1.54, 1.807) is 31.6 Å². The molecule has 11 heteroatoms. The first-order valence-corrected chi connectivity index (χ1v) is 18.3. The van der Waals surface area contributed by atoms with Crippen LogP contribution in [0.1, 0.15) is 61.8 Å². The molecule has 0 saturated carbocycles. The molecule has 0 bridgehead atoms. The van der Waals surface area contributed by atoms with Gasteiger partial charge in [-0.05, 0) is 119 Å². The van der Waals surface area contributed by atoms with E-state index in [0.29, 0.717) is 44.3 Å². The number of nitrogens with zero attached hydrogens (tertiary/aromatic N) is 3. The van der Waals surface area contributed by atoms with E-state index in [1.807, 2.05) is 94.4 Å². The van der Waals surface area contributed by atoms with E-state index < -0.39 is 12.0 Å². The third-order valence-corrected chi connectivity index (χ3v) is 10.1. The van der Waals surface area contributed by atoms with E-state index in [9.17, 15) is 9.59 Å². The number of methoxy groups -OCH3 is 1. The van der Waals surface area contributed by atoms with Crippen LogP contribution in [0.15, 0.2) is 98.3 Å². The number of carbonyl (C=O) groups excluding carboxylic acids is 1. The largest absolute Gasteiger partial charge is 0.493 e. The van der Waals surface area contributed by atoms with Gasteiger partial charge in [0.25, 0.3) is 5.56 Å². The van der Waals surface area contributed by atoms with Gasteiger partial charge in [0, 0.05) is 21.5 Å². The number of fused-ring (bicyclic) bond motifs is 1. The summed E-state index contributed by atoms with van der Waals surface area (Å²) < 4.78 is 28.4. The number of hydrogen-bond donors (Lipinski definition) is 0. The summed E-state index contributed by atoms with van der Waals surface area (Å²) in [5.74, 6) is 1.32. The van der Waals surface area contributed by atoms with E-state index >= 15 is 0 Å². The molecule has 51 heavy (non-hydrogen) atoms. The van der Waals surface area contributed by atoms with Gasteiger partial charge in [-0.25, -0.2) is 9.79 Å². The zero-order valence-corrected chi connectivity index (χ0v) is 32.1. The number of ether oxygens (including phenoxy) is 4. The third kappa shape index (κ3) is 7.45. The van der Waals surface area contributed by atoms with Gasteiger partial charge in [0.15, 0.2) is 16.3 Å². The first-order chi connectivity index (χ1) is 24.5. The van der Waals surface area contributed by atoms with Crippen molar-refractivity contribution in [1.82, 2.24) is 9.13 Å². The molecule has 6 rings (SSSR count). The third-order valence-electron chi connectivity index (χ3n) is 8.55. The monoisotopic (exact) mass is 769 g/mol. The number of esters is 1. The quantitative estimate of drug-likeness (QED) is 0.131. The molecule has 0 saturated heterocycles. The highest BCUT2D eigenvalue weighted by molar-refractivity contribution is 9.10. The Morgan fingerprint density at radius 2 is 1.73 bits per heavy atom. The van der Waals surface area contributed by atoms with Crippen molar-refractivity contribution in [3.05, 3.63) is 136 Å². The number of allylic oxidation sites excluding steroid dienone is 1. The summed E-state index contributed by atoms with van der Waals surface area (Å²) in [5, 5.41) is 0. The Hall–Kier alpha value is -4.87. The lowest BCUT2D eigenvalue weighted by atomic mass is 9.95. The van der Waals surface area contributed by atoms with Crippen molar-refractivity contribution >= 4 is 39.3 Å². The molecule has 264 valence electrons. The van der Waals surface area contributed by atoms with Gasteiger partial charge >= 0.3 is 5.97 Å². The zero-order chi connectivity index (χ0) is 36.4. The number of rotatable bonds is 11. The Morgan fingerprint density at radius 3 is 2.39 bits per heavy atom. The summed E-state index contributed by atoms with van der Waals surface area (Å²) in [6.45, 7) is 12.1. The van der Waals surface area contributed by atoms with Gasteiger partial charge in [-0.15, -0.1) is 0 Å². The molecule has 0 amide bonds. The van der Waals surface area contributed by atoms with E-state index in [4.69, 9.17) is 23.9 Å². The fourth-order valence-corrected chi connectivity index (χ4v) is 7.53. The summed E-state index contributed by atoms with van der Waals surface area (Å²) in [6, 6.07) is 22.8. The minimum atomic E-state index is -0.777. The summed E-state index contributed by atoms with van der Waals surface area (Å²) in [7, 11) is 1.56. The van der Waals surface area contributed by atoms with Crippen LogP contribution in [-0.2, 0) is 16.1 Å². The molecule has 1 aliphatic heterocycles. The average molecular weight is 771 g/mol. The number of benzene rings is 3.